The second-order valence-electron chi connectivity index (χ2n) is 2.81. The van der Waals surface area contributed by atoms with E-state index in [1.807, 2.05) is 6.92 Å². The lowest BCUT2D eigenvalue weighted by molar-refractivity contribution is 0.537. The highest BCUT2D eigenvalue weighted by Crippen LogP contribution is 2.22. The minimum Gasteiger partial charge on any atom is -0.768 e. The highest BCUT2D eigenvalue weighted by Gasteiger charge is 2.02. The van der Waals surface area contributed by atoms with Gasteiger partial charge in [0.15, 0.2) is 0 Å². The van der Waals surface area contributed by atoms with Crippen molar-refractivity contribution in [1.29, 1.82) is 0 Å². The highest BCUT2D eigenvalue weighted by molar-refractivity contribution is 7.79. The summed E-state index contributed by atoms with van der Waals surface area (Å²) in [6, 6.07) is 4.79. The molecule has 1 unspecified atom stereocenters. The smallest absolute Gasteiger partial charge is 0.134 e. The van der Waals surface area contributed by atoms with Crippen LogP contribution in [-0.4, -0.2) is 8.76 Å². The van der Waals surface area contributed by atoms with E-state index in [0.717, 1.165) is 10.9 Å². The van der Waals surface area contributed by atoms with Gasteiger partial charge in [-0.1, -0.05) is 0 Å². The summed E-state index contributed by atoms with van der Waals surface area (Å²) < 4.78 is 26.5. The molecule has 1 atom stereocenters. The molecule has 0 N–H and O–H groups in total. The lowest BCUT2D eigenvalue weighted by Crippen LogP contribution is -1.87. The van der Waals surface area contributed by atoms with Crippen LogP contribution in [-0.2, 0) is 11.1 Å². The maximum atomic E-state index is 10.6. The minimum absolute atomic E-state index is 0.289. The molecule has 0 saturated heterocycles. The molecule has 68 valence electrons. The van der Waals surface area contributed by atoms with E-state index in [4.69, 9.17) is 4.42 Å². The molecule has 1 aromatic heterocycles. The Morgan fingerprint density at radius 3 is 2.92 bits per heavy atom. The van der Waals surface area contributed by atoms with E-state index < -0.39 is 11.1 Å². The third-order valence-electron chi connectivity index (χ3n) is 1.93. The van der Waals surface area contributed by atoms with Crippen LogP contribution in [0.25, 0.3) is 11.0 Å². The van der Waals surface area contributed by atoms with E-state index in [-0.39, 0.29) is 4.90 Å². The molecule has 2 aromatic rings. The van der Waals surface area contributed by atoms with Gasteiger partial charge in [0.1, 0.15) is 5.58 Å². The van der Waals surface area contributed by atoms with Gasteiger partial charge in [0.05, 0.1) is 6.26 Å². The van der Waals surface area contributed by atoms with Gasteiger partial charge in [-0.2, -0.15) is 0 Å². The van der Waals surface area contributed by atoms with Gasteiger partial charge < -0.3 is 8.97 Å². The van der Waals surface area contributed by atoms with Crippen LogP contribution in [0.5, 0.6) is 0 Å². The first kappa shape index (κ1) is 8.47. The van der Waals surface area contributed by atoms with Crippen LogP contribution < -0.4 is 0 Å². The van der Waals surface area contributed by atoms with Crippen molar-refractivity contribution in [3.05, 3.63) is 30.0 Å². The zero-order valence-corrected chi connectivity index (χ0v) is 7.76. The van der Waals surface area contributed by atoms with Crippen LogP contribution in [0.15, 0.2) is 33.8 Å². The Hall–Kier alpha value is -1.13. The molecule has 1 aromatic carbocycles. The lowest BCUT2D eigenvalue weighted by atomic mass is 10.2. The molecule has 4 heteroatoms. The normalized spacial score (nSPS) is 13.4. The van der Waals surface area contributed by atoms with Gasteiger partial charge in [-0.25, -0.2) is 0 Å². The Morgan fingerprint density at radius 2 is 2.23 bits per heavy atom. The maximum Gasteiger partial charge on any atom is 0.134 e. The third-order valence-corrected chi connectivity index (χ3v) is 2.57. The molecular formula is C9H7O3S-. The van der Waals surface area contributed by atoms with Crippen molar-refractivity contribution in [3.63, 3.8) is 0 Å². The van der Waals surface area contributed by atoms with Crippen molar-refractivity contribution in [2.24, 2.45) is 0 Å². The topological polar surface area (TPSA) is 53.3 Å². The van der Waals surface area contributed by atoms with E-state index in [2.05, 4.69) is 0 Å². The number of benzene rings is 1. The summed E-state index contributed by atoms with van der Waals surface area (Å²) in [6.07, 6.45) is 1.61. The van der Waals surface area contributed by atoms with Crippen LogP contribution >= 0.6 is 0 Å². The van der Waals surface area contributed by atoms with Crippen LogP contribution in [0.4, 0.5) is 0 Å². The predicted octanol–water partition coefficient (Wildman–Crippen LogP) is 1.98. The van der Waals surface area contributed by atoms with Crippen molar-refractivity contribution in [2.45, 2.75) is 11.8 Å². The number of fused-ring (bicyclic) bond motifs is 1. The molecule has 1 heterocycles. The number of aryl methyl sites for hydroxylation is 1. The van der Waals surface area contributed by atoms with E-state index in [9.17, 15) is 8.76 Å². The SMILES string of the molecule is Cc1coc2ccc(S(=O)[O-])cc12. The molecule has 2 rings (SSSR count). The molecule has 0 radical (unpaired) electrons. The highest BCUT2D eigenvalue weighted by atomic mass is 32.2. The monoisotopic (exact) mass is 195 g/mol. The average Bonchev–Trinajstić information content (AvgIpc) is 2.47. The Balaban J connectivity index is 2.72. The van der Waals surface area contributed by atoms with Crippen molar-refractivity contribution in [1.82, 2.24) is 0 Å². The minimum atomic E-state index is -2.17. The zero-order chi connectivity index (χ0) is 9.42. The standard InChI is InChI=1S/C9H8O3S/c1-6-5-12-9-3-2-7(13(10)11)4-8(6)9/h2-5H,1H3,(H,10,11)/p-1. The van der Waals surface area contributed by atoms with Gasteiger partial charge in [0, 0.05) is 10.3 Å². The molecule has 0 amide bonds. The Bertz CT molecular complexity index is 473. The number of hydrogen-bond donors (Lipinski definition) is 0. The average molecular weight is 195 g/mol. The summed E-state index contributed by atoms with van der Waals surface area (Å²) in [5.74, 6) is 0. The number of furan rings is 1. The zero-order valence-electron chi connectivity index (χ0n) is 6.94. The van der Waals surface area contributed by atoms with Gasteiger partial charge in [0.2, 0.25) is 0 Å². The summed E-state index contributed by atoms with van der Waals surface area (Å²) in [5.41, 5.74) is 1.66. The molecule has 13 heavy (non-hydrogen) atoms. The van der Waals surface area contributed by atoms with Gasteiger partial charge in [0.25, 0.3) is 0 Å². The Labute approximate surface area is 77.6 Å². The van der Waals surface area contributed by atoms with Crippen molar-refractivity contribution >= 4 is 22.0 Å². The molecule has 0 fully saturated rings. The summed E-state index contributed by atoms with van der Waals surface area (Å²) in [4.78, 5) is 0.289. The van der Waals surface area contributed by atoms with Crippen LogP contribution in [0.2, 0.25) is 0 Å². The van der Waals surface area contributed by atoms with Gasteiger partial charge in [-0.3, -0.25) is 4.21 Å². The molecule has 0 bridgehead atoms. The molecule has 3 nitrogen and oxygen atoms in total. The van der Waals surface area contributed by atoms with E-state index in [0.29, 0.717) is 5.58 Å². The van der Waals surface area contributed by atoms with Gasteiger partial charge in [-0.05, 0) is 41.8 Å². The summed E-state index contributed by atoms with van der Waals surface area (Å²) in [5, 5.41) is 0.849. The molecule has 0 saturated carbocycles. The molecule has 0 aliphatic heterocycles. The van der Waals surface area contributed by atoms with Crippen LogP contribution in [0.1, 0.15) is 5.56 Å². The quantitative estimate of drug-likeness (QED) is 0.654. The van der Waals surface area contributed by atoms with Crippen molar-refractivity contribution < 1.29 is 13.2 Å². The number of hydrogen-bond acceptors (Lipinski definition) is 3. The second kappa shape index (κ2) is 2.97. The van der Waals surface area contributed by atoms with Crippen LogP contribution in [0, 0.1) is 6.92 Å². The molecular weight excluding hydrogens is 188 g/mol. The van der Waals surface area contributed by atoms with E-state index in [1.54, 1.807) is 18.4 Å². The van der Waals surface area contributed by atoms with Crippen molar-refractivity contribution in [2.75, 3.05) is 0 Å². The third kappa shape index (κ3) is 1.38. The van der Waals surface area contributed by atoms with Crippen LogP contribution in [0.3, 0.4) is 0 Å². The predicted molar refractivity (Wildman–Crippen MR) is 48.1 cm³/mol. The largest absolute Gasteiger partial charge is 0.768 e. The first-order valence-electron chi connectivity index (χ1n) is 3.75. The van der Waals surface area contributed by atoms with Crippen molar-refractivity contribution in [3.8, 4) is 0 Å². The summed E-state index contributed by atoms with van der Waals surface area (Å²) >= 11 is -2.17. The van der Waals surface area contributed by atoms with E-state index in [1.165, 1.54) is 6.07 Å². The number of rotatable bonds is 1. The molecule has 0 spiro atoms. The second-order valence-corrected chi connectivity index (χ2v) is 3.75. The maximum absolute atomic E-state index is 10.6. The van der Waals surface area contributed by atoms with Gasteiger partial charge >= 0.3 is 0 Å². The summed E-state index contributed by atoms with van der Waals surface area (Å²) in [7, 11) is 0. The first-order valence-corrected chi connectivity index (χ1v) is 4.83. The fourth-order valence-electron chi connectivity index (χ4n) is 1.24. The fraction of sp³-hybridized carbons (Fsp3) is 0.111. The van der Waals surface area contributed by atoms with Gasteiger partial charge in [-0.15, -0.1) is 0 Å². The lowest BCUT2D eigenvalue weighted by Gasteiger charge is -2.03. The Morgan fingerprint density at radius 1 is 1.46 bits per heavy atom. The van der Waals surface area contributed by atoms with E-state index >= 15 is 0 Å². The summed E-state index contributed by atoms with van der Waals surface area (Å²) in [6.45, 7) is 1.88. The fourth-order valence-corrected chi connectivity index (χ4v) is 1.63. The first-order chi connectivity index (χ1) is 6.18. The Kier molecular flexibility index (Phi) is 1.94. The molecule has 0 aliphatic carbocycles. The molecule has 0 aliphatic rings.